The Morgan fingerprint density at radius 3 is 2.43 bits per heavy atom. The number of nitrogens with one attached hydrogen (secondary N) is 3. The normalized spacial score (nSPS) is 17.9. The minimum atomic E-state index is -0.907. The van der Waals surface area contributed by atoms with Gasteiger partial charge in [0.25, 0.3) is 5.56 Å². The summed E-state index contributed by atoms with van der Waals surface area (Å²) in [5.74, 6) is -0.0548. The minimum Gasteiger partial charge on any atom is -0.342 e. The van der Waals surface area contributed by atoms with E-state index < -0.39 is 11.8 Å². The summed E-state index contributed by atoms with van der Waals surface area (Å²) < 4.78 is 0. The third kappa shape index (κ3) is 5.58. The van der Waals surface area contributed by atoms with Crippen molar-refractivity contribution in [3.8, 4) is 0 Å². The van der Waals surface area contributed by atoms with Crippen LogP contribution in [0.1, 0.15) is 61.6 Å². The number of anilines is 3. The Labute approximate surface area is 216 Å². The fourth-order valence-electron chi connectivity index (χ4n) is 5.21. The van der Waals surface area contributed by atoms with Crippen LogP contribution in [0.5, 0.6) is 0 Å². The molecular formula is C29H33N5O3. The number of amides is 2. The predicted molar refractivity (Wildman–Crippen MR) is 145 cm³/mol. The van der Waals surface area contributed by atoms with Gasteiger partial charge in [0.2, 0.25) is 17.8 Å². The van der Waals surface area contributed by atoms with Gasteiger partial charge in [-0.1, -0.05) is 56.3 Å². The Morgan fingerprint density at radius 2 is 1.76 bits per heavy atom. The maximum Gasteiger partial charge on any atom is 0.258 e. The van der Waals surface area contributed by atoms with Crippen molar-refractivity contribution in [1.29, 1.82) is 0 Å². The van der Waals surface area contributed by atoms with Gasteiger partial charge in [-0.3, -0.25) is 19.4 Å². The molecule has 3 N–H and O–H groups in total. The van der Waals surface area contributed by atoms with Crippen molar-refractivity contribution in [2.75, 3.05) is 28.6 Å². The molecule has 8 nitrogen and oxygen atoms in total. The van der Waals surface area contributed by atoms with E-state index in [2.05, 4.69) is 63.6 Å². The Morgan fingerprint density at radius 1 is 1.05 bits per heavy atom. The van der Waals surface area contributed by atoms with Crippen molar-refractivity contribution < 1.29 is 9.59 Å². The lowest BCUT2D eigenvalue weighted by Gasteiger charge is -2.33. The zero-order valence-corrected chi connectivity index (χ0v) is 21.3. The highest BCUT2D eigenvalue weighted by Crippen LogP contribution is 2.31. The van der Waals surface area contributed by atoms with Gasteiger partial charge in [-0.05, 0) is 54.4 Å². The molecule has 2 aromatic carbocycles. The second-order valence-corrected chi connectivity index (χ2v) is 10.3. The van der Waals surface area contributed by atoms with Crippen LogP contribution in [0.4, 0.5) is 17.5 Å². The molecular weight excluding hydrogens is 466 g/mol. The van der Waals surface area contributed by atoms with E-state index in [-0.39, 0.29) is 29.3 Å². The summed E-state index contributed by atoms with van der Waals surface area (Å²) in [4.78, 5) is 48.3. The molecule has 1 aromatic heterocycles. The highest BCUT2D eigenvalue weighted by Gasteiger charge is 2.35. The van der Waals surface area contributed by atoms with E-state index in [4.69, 9.17) is 0 Å². The molecule has 3 aromatic rings. The second-order valence-electron chi connectivity index (χ2n) is 10.3. The summed E-state index contributed by atoms with van der Waals surface area (Å²) in [5, 5.41) is 5.57. The van der Waals surface area contributed by atoms with Gasteiger partial charge in [0.1, 0.15) is 5.82 Å². The number of aromatic nitrogens is 2. The molecule has 2 aliphatic heterocycles. The summed E-state index contributed by atoms with van der Waals surface area (Å²) in [7, 11) is 0. The van der Waals surface area contributed by atoms with E-state index in [9.17, 15) is 14.4 Å². The number of rotatable bonds is 6. The number of H-pyrrole nitrogens is 1. The number of aromatic amines is 1. The molecule has 0 bridgehead atoms. The lowest BCUT2D eigenvalue weighted by Crippen LogP contribution is -2.40. The molecule has 0 radical (unpaired) electrons. The van der Waals surface area contributed by atoms with Crippen LogP contribution >= 0.6 is 0 Å². The highest BCUT2D eigenvalue weighted by molar-refractivity contribution is 6.04. The fourth-order valence-corrected chi connectivity index (χ4v) is 5.21. The quantitative estimate of drug-likeness (QED) is 0.466. The third-order valence-electron chi connectivity index (χ3n) is 7.38. The SMILES string of the molecule is CC(C)c1ccc(NC(=O)[C@@H]2CC(=O)Nc3nc(N4CCC(Cc5ccccc5)CC4)[nH]c(=O)c32)cc1. The maximum absolute atomic E-state index is 13.2. The zero-order chi connectivity index (χ0) is 25.9. The van der Waals surface area contributed by atoms with Crippen molar-refractivity contribution >= 4 is 29.3 Å². The van der Waals surface area contributed by atoms with E-state index in [1.807, 2.05) is 30.3 Å². The van der Waals surface area contributed by atoms with Crippen LogP contribution in [0.2, 0.25) is 0 Å². The molecule has 0 aliphatic carbocycles. The largest absolute Gasteiger partial charge is 0.342 e. The van der Waals surface area contributed by atoms with Gasteiger partial charge in [-0.25, -0.2) is 0 Å². The molecule has 2 aliphatic rings. The summed E-state index contributed by atoms with van der Waals surface area (Å²) in [6, 6.07) is 18.1. The van der Waals surface area contributed by atoms with Crippen LogP contribution in [-0.4, -0.2) is 34.9 Å². The van der Waals surface area contributed by atoms with E-state index in [0.717, 1.165) is 37.9 Å². The number of carbonyl (C=O) groups is 2. The molecule has 1 fully saturated rings. The van der Waals surface area contributed by atoms with Crippen molar-refractivity contribution in [3.05, 3.63) is 81.6 Å². The Balaban J connectivity index is 1.30. The van der Waals surface area contributed by atoms with Gasteiger partial charge in [0, 0.05) is 25.2 Å². The maximum atomic E-state index is 13.2. The first-order valence-corrected chi connectivity index (χ1v) is 13.0. The van der Waals surface area contributed by atoms with Crippen molar-refractivity contribution in [2.24, 2.45) is 5.92 Å². The standard InChI is InChI=1S/C29H33N5O3/c1-18(2)21-8-10-22(11-9-21)30-27(36)23-17-24(35)31-26-25(23)28(37)33-29(32-26)34-14-12-20(13-15-34)16-19-6-4-3-5-7-19/h3-11,18,20,23H,12-17H2,1-2H3,(H,30,36)(H2,31,32,33,35,37)/t23-/m1/s1. The molecule has 3 heterocycles. The molecule has 37 heavy (non-hydrogen) atoms. The van der Waals surface area contributed by atoms with Crippen LogP contribution in [0, 0.1) is 5.92 Å². The first kappa shape index (κ1) is 24.7. The van der Waals surface area contributed by atoms with Gasteiger partial charge in [-0.2, -0.15) is 4.98 Å². The molecule has 1 saturated heterocycles. The molecule has 0 saturated carbocycles. The van der Waals surface area contributed by atoms with E-state index in [0.29, 0.717) is 23.5 Å². The van der Waals surface area contributed by atoms with E-state index in [1.165, 1.54) is 5.56 Å². The van der Waals surface area contributed by atoms with Crippen molar-refractivity contribution in [3.63, 3.8) is 0 Å². The van der Waals surface area contributed by atoms with Gasteiger partial charge in [0.05, 0.1) is 11.5 Å². The van der Waals surface area contributed by atoms with Crippen LogP contribution in [0.3, 0.4) is 0 Å². The topological polar surface area (TPSA) is 107 Å². The smallest absolute Gasteiger partial charge is 0.258 e. The van der Waals surface area contributed by atoms with E-state index in [1.54, 1.807) is 0 Å². The average molecular weight is 500 g/mol. The number of nitrogens with zero attached hydrogens (tertiary/aromatic N) is 2. The molecule has 1 atom stereocenters. The predicted octanol–water partition coefficient (Wildman–Crippen LogP) is 4.42. The van der Waals surface area contributed by atoms with Gasteiger partial charge >= 0.3 is 0 Å². The molecule has 8 heteroatoms. The number of benzene rings is 2. The molecule has 5 rings (SSSR count). The summed E-state index contributed by atoms with van der Waals surface area (Å²) in [5.41, 5.74) is 2.95. The number of carbonyl (C=O) groups excluding carboxylic acids is 2. The zero-order valence-electron chi connectivity index (χ0n) is 21.3. The third-order valence-corrected chi connectivity index (χ3v) is 7.38. The highest BCUT2D eigenvalue weighted by atomic mass is 16.2. The Bertz CT molecular complexity index is 1330. The average Bonchev–Trinajstić information content (AvgIpc) is 2.89. The monoisotopic (exact) mass is 499 g/mol. The lowest BCUT2D eigenvalue weighted by molar-refractivity contribution is -0.123. The van der Waals surface area contributed by atoms with Crippen LogP contribution in [0.15, 0.2) is 59.4 Å². The van der Waals surface area contributed by atoms with Gasteiger partial charge in [-0.15, -0.1) is 0 Å². The fraction of sp³-hybridized carbons (Fsp3) is 0.379. The first-order valence-electron chi connectivity index (χ1n) is 13.0. The molecule has 0 spiro atoms. The molecule has 192 valence electrons. The van der Waals surface area contributed by atoms with Gasteiger partial charge < -0.3 is 15.5 Å². The Hall–Kier alpha value is -3.94. The number of fused-ring (bicyclic) bond motifs is 1. The summed E-state index contributed by atoms with van der Waals surface area (Å²) in [6.45, 7) is 5.74. The van der Waals surface area contributed by atoms with Crippen LogP contribution < -0.4 is 21.1 Å². The van der Waals surface area contributed by atoms with E-state index >= 15 is 0 Å². The second kappa shape index (κ2) is 10.6. The Kier molecular flexibility index (Phi) is 7.08. The van der Waals surface area contributed by atoms with Crippen LogP contribution in [-0.2, 0) is 16.0 Å². The summed E-state index contributed by atoms with van der Waals surface area (Å²) >= 11 is 0. The first-order chi connectivity index (χ1) is 17.9. The van der Waals surface area contributed by atoms with Crippen molar-refractivity contribution in [1.82, 2.24) is 9.97 Å². The summed E-state index contributed by atoms with van der Waals surface area (Å²) in [6.07, 6.45) is 2.92. The van der Waals surface area contributed by atoms with Crippen LogP contribution in [0.25, 0.3) is 0 Å². The number of hydrogen-bond acceptors (Lipinski definition) is 5. The van der Waals surface area contributed by atoms with Gasteiger partial charge in [0.15, 0.2) is 0 Å². The lowest BCUT2D eigenvalue weighted by atomic mass is 9.90. The molecule has 2 amide bonds. The minimum absolute atomic E-state index is 0.0993. The molecule has 0 unspecified atom stereocenters. The van der Waals surface area contributed by atoms with Crippen molar-refractivity contribution in [2.45, 2.75) is 51.4 Å². The number of piperidine rings is 1. The number of hydrogen-bond donors (Lipinski definition) is 3.